The summed E-state index contributed by atoms with van der Waals surface area (Å²) >= 11 is 0. The Hall–Kier alpha value is -3.15. The van der Waals surface area contributed by atoms with E-state index in [1.165, 1.54) is 0 Å². The maximum atomic E-state index is 12.8. The van der Waals surface area contributed by atoms with Crippen LogP contribution in [0.1, 0.15) is 37.2 Å². The van der Waals surface area contributed by atoms with Gasteiger partial charge in [0.25, 0.3) is 0 Å². The van der Waals surface area contributed by atoms with E-state index in [4.69, 9.17) is 4.98 Å². The average molecular weight is 407 g/mol. The molecular weight excluding hydrogens is 376 g/mol. The summed E-state index contributed by atoms with van der Waals surface area (Å²) in [6.07, 6.45) is 1.45. The number of aryl methyl sites for hydroxylation is 2. The molecule has 0 spiro atoms. The second-order valence-corrected chi connectivity index (χ2v) is 7.95. The summed E-state index contributed by atoms with van der Waals surface area (Å²) in [6.45, 7) is 8.59. The lowest BCUT2D eigenvalue weighted by molar-refractivity contribution is -0.124. The number of anilines is 1. The van der Waals surface area contributed by atoms with Gasteiger partial charge in [-0.1, -0.05) is 38.1 Å². The Bertz CT molecular complexity index is 1050. The summed E-state index contributed by atoms with van der Waals surface area (Å²) in [7, 11) is 0. The van der Waals surface area contributed by atoms with Gasteiger partial charge < -0.3 is 15.2 Å². The molecule has 0 fully saturated rings. The van der Waals surface area contributed by atoms with Gasteiger partial charge in [0.1, 0.15) is 12.4 Å². The van der Waals surface area contributed by atoms with Crippen molar-refractivity contribution in [1.29, 1.82) is 0 Å². The van der Waals surface area contributed by atoms with Crippen LogP contribution in [0, 0.1) is 19.8 Å². The van der Waals surface area contributed by atoms with Crippen LogP contribution in [0.3, 0.4) is 0 Å². The number of hydrogen-bond acceptors (Lipinski definition) is 3. The lowest BCUT2D eigenvalue weighted by atomic mass is 10.1. The summed E-state index contributed by atoms with van der Waals surface area (Å²) in [6, 6.07) is 13.7. The minimum atomic E-state index is -0.0822. The van der Waals surface area contributed by atoms with Gasteiger partial charge in [0, 0.05) is 24.6 Å². The summed E-state index contributed by atoms with van der Waals surface area (Å²) in [5.41, 5.74) is 4.86. The van der Waals surface area contributed by atoms with Crippen LogP contribution in [0.4, 0.5) is 5.69 Å². The normalized spacial score (nSPS) is 11.1. The molecule has 0 atom stereocenters. The van der Waals surface area contributed by atoms with E-state index in [1.54, 1.807) is 0 Å². The van der Waals surface area contributed by atoms with Gasteiger partial charge in [-0.25, -0.2) is 4.98 Å². The van der Waals surface area contributed by atoms with Crippen molar-refractivity contribution in [3.8, 4) is 0 Å². The predicted molar refractivity (Wildman–Crippen MR) is 120 cm³/mol. The van der Waals surface area contributed by atoms with Crippen molar-refractivity contribution >= 4 is 28.5 Å². The third-order valence-corrected chi connectivity index (χ3v) is 5.31. The predicted octanol–water partition coefficient (Wildman–Crippen LogP) is 4.00. The number of benzene rings is 2. The first-order valence-corrected chi connectivity index (χ1v) is 10.4. The highest BCUT2D eigenvalue weighted by atomic mass is 16.2. The molecule has 158 valence electrons. The van der Waals surface area contributed by atoms with E-state index in [9.17, 15) is 9.59 Å². The van der Waals surface area contributed by atoms with Crippen molar-refractivity contribution in [1.82, 2.24) is 14.9 Å². The summed E-state index contributed by atoms with van der Waals surface area (Å²) in [5.74, 6) is 0.798. The molecule has 2 N–H and O–H groups in total. The standard InChI is InChI=1S/C24H30N4O2/c1-16(2)24(30)25-14-8-13-22-26-20-10-5-6-12-21(20)28(22)15-23(29)27-19-11-7-9-17(3)18(19)4/h5-7,9-12,16H,8,13-15H2,1-4H3,(H,25,30)(H,27,29). The van der Waals surface area contributed by atoms with Gasteiger partial charge in [-0.3, -0.25) is 9.59 Å². The van der Waals surface area contributed by atoms with Gasteiger partial charge in [0.15, 0.2) is 0 Å². The SMILES string of the molecule is Cc1cccc(NC(=O)Cn2c(CCCNC(=O)C(C)C)nc3ccccc32)c1C. The van der Waals surface area contributed by atoms with Crippen molar-refractivity contribution in [2.75, 3.05) is 11.9 Å². The zero-order valence-electron chi connectivity index (χ0n) is 18.2. The molecule has 0 unspecified atom stereocenters. The molecule has 0 aliphatic carbocycles. The van der Waals surface area contributed by atoms with Crippen molar-refractivity contribution in [3.05, 3.63) is 59.4 Å². The third-order valence-electron chi connectivity index (χ3n) is 5.31. The van der Waals surface area contributed by atoms with E-state index < -0.39 is 0 Å². The van der Waals surface area contributed by atoms with E-state index in [0.29, 0.717) is 13.0 Å². The third kappa shape index (κ3) is 5.06. The fourth-order valence-corrected chi connectivity index (χ4v) is 3.37. The molecule has 0 radical (unpaired) electrons. The molecule has 6 heteroatoms. The Labute approximate surface area is 177 Å². The zero-order chi connectivity index (χ0) is 21.7. The molecule has 0 saturated carbocycles. The second-order valence-electron chi connectivity index (χ2n) is 7.95. The molecular formula is C24H30N4O2. The number of carbonyl (C=O) groups is 2. The van der Waals surface area contributed by atoms with Crippen LogP contribution in [-0.2, 0) is 22.6 Å². The fourth-order valence-electron chi connectivity index (χ4n) is 3.37. The maximum Gasteiger partial charge on any atom is 0.244 e. The molecule has 3 aromatic rings. The van der Waals surface area contributed by atoms with Crippen molar-refractivity contribution in [2.45, 2.75) is 47.1 Å². The van der Waals surface area contributed by atoms with E-state index in [0.717, 1.165) is 40.1 Å². The quantitative estimate of drug-likeness (QED) is 0.555. The van der Waals surface area contributed by atoms with Gasteiger partial charge in [-0.15, -0.1) is 0 Å². The van der Waals surface area contributed by atoms with E-state index >= 15 is 0 Å². The average Bonchev–Trinajstić information content (AvgIpc) is 3.06. The van der Waals surface area contributed by atoms with E-state index in [-0.39, 0.29) is 24.3 Å². The maximum absolute atomic E-state index is 12.8. The van der Waals surface area contributed by atoms with Crippen LogP contribution in [-0.4, -0.2) is 27.9 Å². The number of hydrogen-bond donors (Lipinski definition) is 2. The minimum Gasteiger partial charge on any atom is -0.356 e. The largest absolute Gasteiger partial charge is 0.356 e. The van der Waals surface area contributed by atoms with Gasteiger partial charge in [-0.2, -0.15) is 0 Å². The molecule has 2 aromatic carbocycles. The second kappa shape index (κ2) is 9.57. The number of aromatic nitrogens is 2. The number of imidazole rings is 1. The first-order chi connectivity index (χ1) is 14.4. The summed E-state index contributed by atoms with van der Waals surface area (Å²) in [5, 5.41) is 5.97. The molecule has 0 saturated heterocycles. The highest BCUT2D eigenvalue weighted by Crippen LogP contribution is 2.20. The Morgan fingerprint density at radius 1 is 1.07 bits per heavy atom. The molecule has 30 heavy (non-hydrogen) atoms. The van der Waals surface area contributed by atoms with Gasteiger partial charge in [0.2, 0.25) is 11.8 Å². The molecule has 0 aliphatic rings. The van der Waals surface area contributed by atoms with Crippen LogP contribution in [0.25, 0.3) is 11.0 Å². The number of amides is 2. The van der Waals surface area contributed by atoms with E-state index in [1.807, 2.05) is 74.7 Å². The summed E-state index contributed by atoms with van der Waals surface area (Å²) < 4.78 is 1.97. The Morgan fingerprint density at radius 3 is 2.60 bits per heavy atom. The highest BCUT2D eigenvalue weighted by Gasteiger charge is 2.15. The number of rotatable bonds is 8. The number of para-hydroxylation sites is 2. The Morgan fingerprint density at radius 2 is 1.83 bits per heavy atom. The number of nitrogens with zero attached hydrogens (tertiary/aromatic N) is 2. The Kier molecular flexibility index (Phi) is 6.87. The molecule has 0 bridgehead atoms. The van der Waals surface area contributed by atoms with Gasteiger partial charge >= 0.3 is 0 Å². The van der Waals surface area contributed by atoms with Gasteiger partial charge in [0.05, 0.1) is 11.0 Å². The molecule has 1 aromatic heterocycles. The van der Waals surface area contributed by atoms with Crippen molar-refractivity contribution < 1.29 is 9.59 Å². The topological polar surface area (TPSA) is 76.0 Å². The molecule has 3 rings (SSSR count). The van der Waals surface area contributed by atoms with Crippen molar-refractivity contribution in [3.63, 3.8) is 0 Å². The number of carbonyl (C=O) groups excluding carboxylic acids is 2. The van der Waals surface area contributed by atoms with Crippen LogP contribution >= 0.6 is 0 Å². The van der Waals surface area contributed by atoms with Crippen molar-refractivity contribution in [2.24, 2.45) is 5.92 Å². The lowest BCUT2D eigenvalue weighted by Crippen LogP contribution is -2.29. The van der Waals surface area contributed by atoms with Crippen LogP contribution in [0.5, 0.6) is 0 Å². The molecule has 1 heterocycles. The zero-order valence-corrected chi connectivity index (χ0v) is 18.2. The number of fused-ring (bicyclic) bond motifs is 1. The first kappa shape index (κ1) is 21.6. The highest BCUT2D eigenvalue weighted by molar-refractivity contribution is 5.92. The lowest BCUT2D eigenvalue weighted by Gasteiger charge is -2.13. The minimum absolute atomic E-state index is 0.0247. The van der Waals surface area contributed by atoms with Crippen LogP contribution < -0.4 is 10.6 Å². The Balaban J connectivity index is 1.73. The van der Waals surface area contributed by atoms with E-state index in [2.05, 4.69) is 10.6 Å². The number of nitrogens with one attached hydrogen (secondary N) is 2. The monoisotopic (exact) mass is 406 g/mol. The fraction of sp³-hybridized carbons (Fsp3) is 0.375. The first-order valence-electron chi connectivity index (χ1n) is 10.4. The van der Waals surface area contributed by atoms with Crippen LogP contribution in [0.15, 0.2) is 42.5 Å². The van der Waals surface area contributed by atoms with Gasteiger partial charge in [-0.05, 0) is 49.6 Å². The summed E-state index contributed by atoms with van der Waals surface area (Å²) in [4.78, 5) is 29.3. The molecule has 6 nitrogen and oxygen atoms in total. The smallest absolute Gasteiger partial charge is 0.244 e. The van der Waals surface area contributed by atoms with Crippen LogP contribution in [0.2, 0.25) is 0 Å². The molecule has 2 amide bonds. The molecule has 0 aliphatic heterocycles.